The highest BCUT2D eigenvalue weighted by Crippen LogP contribution is 2.32. The van der Waals surface area contributed by atoms with Crippen LogP contribution in [0.2, 0.25) is 0 Å². The SMILES string of the molecule is CCN1C(=O)/C(=C\c2c(NC[C@@H]3CCCO3)nc3ccccn3c2=O)SC1=S. The summed E-state index contributed by atoms with van der Waals surface area (Å²) in [5, 5.41) is 3.25. The summed E-state index contributed by atoms with van der Waals surface area (Å²) in [6, 6.07) is 5.38. The van der Waals surface area contributed by atoms with Crippen molar-refractivity contribution in [1.29, 1.82) is 0 Å². The molecular weight excluding hydrogens is 396 g/mol. The number of hydrogen-bond donors (Lipinski definition) is 1. The molecule has 0 unspecified atom stereocenters. The number of hydrogen-bond acceptors (Lipinski definition) is 7. The van der Waals surface area contributed by atoms with E-state index in [1.807, 2.05) is 13.0 Å². The molecule has 1 N–H and O–H groups in total. The van der Waals surface area contributed by atoms with Gasteiger partial charge in [0, 0.05) is 25.9 Å². The third-order valence-electron chi connectivity index (χ3n) is 4.76. The van der Waals surface area contributed by atoms with Crippen LogP contribution in [0.3, 0.4) is 0 Å². The first-order valence-corrected chi connectivity index (χ1v) is 10.4. The zero-order chi connectivity index (χ0) is 19.7. The summed E-state index contributed by atoms with van der Waals surface area (Å²) in [4.78, 5) is 32.3. The Morgan fingerprint density at radius 2 is 2.29 bits per heavy atom. The van der Waals surface area contributed by atoms with Gasteiger partial charge in [0.2, 0.25) is 0 Å². The number of nitrogens with one attached hydrogen (secondary N) is 1. The fourth-order valence-corrected chi connectivity index (χ4v) is 4.65. The Morgan fingerprint density at radius 3 is 3.00 bits per heavy atom. The predicted molar refractivity (Wildman–Crippen MR) is 114 cm³/mol. The molecule has 7 nitrogen and oxygen atoms in total. The Bertz CT molecular complexity index is 1030. The quantitative estimate of drug-likeness (QED) is 0.593. The molecular formula is C19H20N4O3S2. The molecule has 0 spiro atoms. The number of fused-ring (bicyclic) bond motifs is 1. The van der Waals surface area contributed by atoms with Crippen molar-refractivity contribution in [3.63, 3.8) is 0 Å². The number of rotatable bonds is 5. The summed E-state index contributed by atoms with van der Waals surface area (Å²) in [5.74, 6) is 0.272. The summed E-state index contributed by atoms with van der Waals surface area (Å²) in [7, 11) is 0. The molecule has 2 aliphatic heterocycles. The van der Waals surface area contributed by atoms with E-state index in [1.165, 1.54) is 21.1 Å². The second kappa shape index (κ2) is 8.02. The number of carbonyl (C=O) groups excluding carboxylic acids is 1. The largest absolute Gasteiger partial charge is 0.376 e. The minimum atomic E-state index is -0.234. The van der Waals surface area contributed by atoms with E-state index < -0.39 is 0 Å². The maximum atomic E-state index is 13.1. The fourth-order valence-electron chi connectivity index (χ4n) is 3.29. The molecule has 1 amide bonds. The van der Waals surface area contributed by atoms with E-state index in [9.17, 15) is 9.59 Å². The maximum Gasteiger partial charge on any atom is 0.267 e. The number of ether oxygens (including phenoxy) is 1. The monoisotopic (exact) mass is 416 g/mol. The highest BCUT2D eigenvalue weighted by atomic mass is 32.2. The predicted octanol–water partition coefficient (Wildman–Crippen LogP) is 2.51. The van der Waals surface area contributed by atoms with Crippen molar-refractivity contribution in [2.24, 2.45) is 0 Å². The average molecular weight is 417 g/mol. The van der Waals surface area contributed by atoms with Crippen LogP contribution in [0.4, 0.5) is 5.82 Å². The van der Waals surface area contributed by atoms with E-state index in [2.05, 4.69) is 10.3 Å². The van der Waals surface area contributed by atoms with Crippen LogP contribution in [-0.4, -0.2) is 50.3 Å². The van der Waals surface area contributed by atoms with Crippen LogP contribution in [0, 0.1) is 0 Å². The molecule has 4 rings (SSSR count). The van der Waals surface area contributed by atoms with E-state index in [0.717, 1.165) is 19.4 Å². The highest BCUT2D eigenvalue weighted by molar-refractivity contribution is 8.26. The number of anilines is 1. The Kier molecular flexibility index (Phi) is 5.47. The van der Waals surface area contributed by atoms with Gasteiger partial charge in [0.15, 0.2) is 0 Å². The van der Waals surface area contributed by atoms with Crippen LogP contribution < -0.4 is 10.9 Å². The summed E-state index contributed by atoms with van der Waals surface area (Å²) < 4.78 is 7.63. The van der Waals surface area contributed by atoms with Gasteiger partial charge in [-0.05, 0) is 38.0 Å². The van der Waals surface area contributed by atoms with Crippen molar-refractivity contribution in [3.05, 3.63) is 45.2 Å². The van der Waals surface area contributed by atoms with Crippen LogP contribution >= 0.6 is 24.0 Å². The van der Waals surface area contributed by atoms with E-state index in [1.54, 1.807) is 24.4 Å². The van der Waals surface area contributed by atoms with Gasteiger partial charge in [0.1, 0.15) is 15.8 Å². The van der Waals surface area contributed by atoms with Gasteiger partial charge in [-0.1, -0.05) is 30.0 Å². The van der Waals surface area contributed by atoms with Crippen molar-refractivity contribution >= 4 is 51.7 Å². The molecule has 0 saturated carbocycles. The second-order valence-electron chi connectivity index (χ2n) is 6.55. The Balaban J connectivity index is 1.76. The van der Waals surface area contributed by atoms with E-state index >= 15 is 0 Å². The number of amides is 1. The Labute approximate surface area is 171 Å². The molecule has 9 heteroatoms. The van der Waals surface area contributed by atoms with E-state index in [0.29, 0.717) is 39.3 Å². The number of carbonyl (C=O) groups is 1. The molecule has 2 fully saturated rings. The normalized spacial score (nSPS) is 21.2. The standard InChI is InChI=1S/C19H20N4O3S2/c1-2-22-18(25)14(28-19(22)27)10-13-16(20-11-12-6-5-9-26-12)21-15-7-3-4-8-23(15)17(13)24/h3-4,7-8,10,12,20H,2,5-6,9,11H2,1H3/b14-10+/t12-/m0/s1. The molecule has 1 atom stereocenters. The summed E-state index contributed by atoms with van der Waals surface area (Å²) in [6.07, 6.45) is 5.38. The molecule has 2 aliphatic rings. The molecule has 0 aliphatic carbocycles. The molecule has 2 aromatic rings. The number of aromatic nitrogens is 2. The van der Waals surface area contributed by atoms with E-state index in [4.69, 9.17) is 17.0 Å². The maximum absolute atomic E-state index is 13.1. The average Bonchev–Trinajstić information content (AvgIpc) is 3.30. The number of thiocarbonyl (C=S) groups is 1. The molecule has 28 heavy (non-hydrogen) atoms. The Morgan fingerprint density at radius 1 is 1.43 bits per heavy atom. The summed E-state index contributed by atoms with van der Waals surface area (Å²) in [6.45, 7) is 3.69. The van der Waals surface area contributed by atoms with Crippen molar-refractivity contribution < 1.29 is 9.53 Å². The van der Waals surface area contributed by atoms with Crippen LogP contribution in [0.1, 0.15) is 25.3 Å². The number of thioether (sulfide) groups is 1. The zero-order valence-corrected chi connectivity index (χ0v) is 17.0. The highest BCUT2D eigenvalue weighted by Gasteiger charge is 2.31. The lowest BCUT2D eigenvalue weighted by Crippen LogP contribution is -2.27. The third-order valence-corrected chi connectivity index (χ3v) is 6.13. The minimum Gasteiger partial charge on any atom is -0.376 e. The fraction of sp³-hybridized carbons (Fsp3) is 0.368. The van der Waals surface area contributed by atoms with Crippen molar-refractivity contribution in [2.45, 2.75) is 25.9 Å². The first-order valence-electron chi connectivity index (χ1n) is 9.20. The number of likely N-dealkylation sites (N-methyl/N-ethyl adjacent to an activating group) is 1. The minimum absolute atomic E-state index is 0.0992. The van der Waals surface area contributed by atoms with Gasteiger partial charge >= 0.3 is 0 Å². The van der Waals surface area contributed by atoms with Gasteiger partial charge in [0.05, 0.1) is 16.6 Å². The zero-order valence-electron chi connectivity index (χ0n) is 15.4. The molecule has 0 radical (unpaired) electrons. The van der Waals surface area contributed by atoms with Gasteiger partial charge in [-0.15, -0.1) is 0 Å². The second-order valence-corrected chi connectivity index (χ2v) is 8.23. The lowest BCUT2D eigenvalue weighted by molar-refractivity contribution is -0.121. The van der Waals surface area contributed by atoms with Gasteiger partial charge in [-0.25, -0.2) is 4.98 Å². The number of nitrogens with zero attached hydrogens (tertiary/aromatic N) is 3. The molecule has 0 aromatic carbocycles. The topological polar surface area (TPSA) is 75.9 Å². The van der Waals surface area contributed by atoms with Gasteiger partial charge in [-0.2, -0.15) is 0 Å². The van der Waals surface area contributed by atoms with Crippen LogP contribution in [0.15, 0.2) is 34.1 Å². The molecule has 146 valence electrons. The van der Waals surface area contributed by atoms with Gasteiger partial charge < -0.3 is 10.1 Å². The van der Waals surface area contributed by atoms with Gasteiger partial charge in [-0.3, -0.25) is 18.9 Å². The van der Waals surface area contributed by atoms with Crippen LogP contribution in [0.5, 0.6) is 0 Å². The van der Waals surface area contributed by atoms with Gasteiger partial charge in [0.25, 0.3) is 11.5 Å². The molecule has 0 bridgehead atoms. The molecule has 2 aromatic heterocycles. The first-order chi connectivity index (χ1) is 13.6. The Hall–Kier alpha value is -2.23. The third kappa shape index (κ3) is 3.57. The molecule has 2 saturated heterocycles. The summed E-state index contributed by atoms with van der Waals surface area (Å²) >= 11 is 6.48. The van der Waals surface area contributed by atoms with E-state index in [-0.39, 0.29) is 17.6 Å². The summed E-state index contributed by atoms with van der Waals surface area (Å²) in [5.41, 5.74) is 0.654. The first kappa shape index (κ1) is 19.1. The van der Waals surface area contributed by atoms with Crippen molar-refractivity contribution in [2.75, 3.05) is 25.0 Å². The lowest BCUT2D eigenvalue weighted by Gasteiger charge is -2.14. The van der Waals surface area contributed by atoms with Crippen molar-refractivity contribution in [3.8, 4) is 0 Å². The van der Waals surface area contributed by atoms with Crippen LogP contribution in [-0.2, 0) is 9.53 Å². The smallest absolute Gasteiger partial charge is 0.267 e. The van der Waals surface area contributed by atoms with Crippen molar-refractivity contribution in [1.82, 2.24) is 14.3 Å². The molecule has 4 heterocycles. The lowest BCUT2D eigenvalue weighted by atomic mass is 10.2. The van der Waals surface area contributed by atoms with Crippen LogP contribution in [0.25, 0.3) is 11.7 Å². The number of pyridine rings is 1.